The number of halogens is 1. The van der Waals surface area contributed by atoms with Crippen LogP contribution in [0.25, 0.3) is 0 Å². The topological polar surface area (TPSA) is 40.5 Å². The van der Waals surface area contributed by atoms with Crippen LogP contribution in [0.1, 0.15) is 31.1 Å². The summed E-state index contributed by atoms with van der Waals surface area (Å²) in [4.78, 5) is 0. The van der Waals surface area contributed by atoms with Gasteiger partial charge in [0.15, 0.2) is 11.6 Å². The minimum Gasteiger partial charge on any atom is -0.505 e. The van der Waals surface area contributed by atoms with Gasteiger partial charge in [-0.3, -0.25) is 0 Å². The van der Waals surface area contributed by atoms with Gasteiger partial charge in [-0.15, -0.1) is 0 Å². The first kappa shape index (κ1) is 9.99. The SMILES string of the molecule is CCc1cc(F)c(O)c(C(C)O)c1. The molecule has 2 N–H and O–H groups in total. The molecule has 0 heterocycles. The van der Waals surface area contributed by atoms with Gasteiger partial charge in [0.1, 0.15) is 0 Å². The Bertz CT molecular complexity index is 308. The third-order valence-corrected chi connectivity index (χ3v) is 2.01. The van der Waals surface area contributed by atoms with Crippen LogP contribution in [0, 0.1) is 5.82 Å². The minimum absolute atomic E-state index is 0.247. The fraction of sp³-hybridized carbons (Fsp3) is 0.400. The molecule has 1 aromatic rings. The highest BCUT2D eigenvalue weighted by Crippen LogP contribution is 2.28. The van der Waals surface area contributed by atoms with E-state index in [0.29, 0.717) is 6.42 Å². The number of phenolic OH excluding ortho intramolecular Hbond substituents is 1. The van der Waals surface area contributed by atoms with Gasteiger partial charge in [0.05, 0.1) is 6.10 Å². The maximum atomic E-state index is 13.0. The Labute approximate surface area is 76.6 Å². The van der Waals surface area contributed by atoms with Crippen molar-refractivity contribution in [1.29, 1.82) is 0 Å². The summed E-state index contributed by atoms with van der Waals surface area (Å²) < 4.78 is 13.0. The van der Waals surface area contributed by atoms with E-state index < -0.39 is 17.7 Å². The highest BCUT2D eigenvalue weighted by molar-refractivity contribution is 5.38. The fourth-order valence-corrected chi connectivity index (χ4v) is 1.20. The number of phenols is 1. The lowest BCUT2D eigenvalue weighted by Gasteiger charge is -2.10. The molecule has 0 radical (unpaired) electrons. The molecule has 1 rings (SSSR count). The Morgan fingerprint density at radius 1 is 1.46 bits per heavy atom. The predicted molar refractivity (Wildman–Crippen MR) is 48.1 cm³/mol. The summed E-state index contributed by atoms with van der Waals surface area (Å²) in [7, 11) is 0. The second-order valence-corrected chi connectivity index (χ2v) is 3.05. The van der Waals surface area contributed by atoms with Crippen LogP contribution < -0.4 is 0 Å². The molecule has 0 aromatic heterocycles. The number of aromatic hydroxyl groups is 1. The lowest BCUT2D eigenvalue weighted by molar-refractivity contribution is 0.193. The van der Waals surface area contributed by atoms with Crippen molar-refractivity contribution < 1.29 is 14.6 Å². The van der Waals surface area contributed by atoms with E-state index in [2.05, 4.69) is 0 Å². The Hall–Kier alpha value is -1.09. The summed E-state index contributed by atoms with van der Waals surface area (Å²) in [5.41, 5.74) is 1.02. The second-order valence-electron chi connectivity index (χ2n) is 3.05. The molecule has 1 unspecified atom stereocenters. The van der Waals surface area contributed by atoms with Gasteiger partial charge in [-0.1, -0.05) is 6.92 Å². The minimum atomic E-state index is -0.846. The smallest absolute Gasteiger partial charge is 0.165 e. The van der Waals surface area contributed by atoms with Gasteiger partial charge < -0.3 is 10.2 Å². The number of aryl methyl sites for hydroxylation is 1. The summed E-state index contributed by atoms with van der Waals surface area (Å²) in [6, 6.07) is 2.89. The highest BCUT2D eigenvalue weighted by Gasteiger charge is 2.12. The second kappa shape index (κ2) is 3.75. The van der Waals surface area contributed by atoms with Crippen molar-refractivity contribution in [2.24, 2.45) is 0 Å². The monoisotopic (exact) mass is 184 g/mol. The first-order valence-electron chi connectivity index (χ1n) is 4.25. The molecular weight excluding hydrogens is 171 g/mol. The van der Waals surface area contributed by atoms with Crippen molar-refractivity contribution in [3.05, 3.63) is 29.1 Å². The Balaban J connectivity index is 3.25. The van der Waals surface area contributed by atoms with Crippen LogP contribution >= 0.6 is 0 Å². The molecule has 0 spiro atoms. The van der Waals surface area contributed by atoms with Crippen LogP contribution in [-0.2, 0) is 6.42 Å². The third kappa shape index (κ3) is 1.98. The van der Waals surface area contributed by atoms with E-state index in [1.165, 1.54) is 13.0 Å². The van der Waals surface area contributed by atoms with E-state index in [0.717, 1.165) is 5.56 Å². The molecular formula is C10H13FO2. The van der Waals surface area contributed by atoms with Crippen LogP contribution in [0.4, 0.5) is 4.39 Å². The maximum Gasteiger partial charge on any atom is 0.165 e. The first-order valence-corrected chi connectivity index (χ1v) is 4.25. The summed E-state index contributed by atoms with van der Waals surface area (Å²) in [5.74, 6) is -1.12. The molecule has 72 valence electrons. The van der Waals surface area contributed by atoms with Gasteiger partial charge in [0.2, 0.25) is 0 Å². The first-order chi connectivity index (χ1) is 6.06. The molecule has 0 saturated carbocycles. The number of aliphatic hydroxyl groups is 1. The number of benzene rings is 1. The zero-order valence-electron chi connectivity index (χ0n) is 7.71. The normalized spacial score (nSPS) is 12.9. The molecule has 0 saturated heterocycles. The van der Waals surface area contributed by atoms with Crippen LogP contribution in [0.15, 0.2) is 12.1 Å². The van der Waals surface area contributed by atoms with Crippen molar-refractivity contribution in [2.45, 2.75) is 26.4 Å². The summed E-state index contributed by atoms with van der Waals surface area (Å²) in [6.07, 6.45) is -0.169. The zero-order valence-corrected chi connectivity index (χ0v) is 7.71. The fourth-order valence-electron chi connectivity index (χ4n) is 1.20. The lowest BCUT2D eigenvalue weighted by Crippen LogP contribution is -1.96. The summed E-state index contributed by atoms with van der Waals surface area (Å²) in [6.45, 7) is 3.38. The molecule has 3 heteroatoms. The molecule has 1 atom stereocenters. The summed E-state index contributed by atoms with van der Waals surface area (Å²) in [5, 5.41) is 18.5. The van der Waals surface area contributed by atoms with E-state index in [1.54, 1.807) is 6.07 Å². The van der Waals surface area contributed by atoms with E-state index in [4.69, 9.17) is 0 Å². The van der Waals surface area contributed by atoms with Crippen molar-refractivity contribution in [2.75, 3.05) is 0 Å². The van der Waals surface area contributed by atoms with Gasteiger partial charge in [-0.2, -0.15) is 0 Å². The molecule has 0 aliphatic rings. The molecule has 0 aliphatic carbocycles. The molecule has 2 nitrogen and oxygen atoms in total. The van der Waals surface area contributed by atoms with Gasteiger partial charge in [-0.25, -0.2) is 4.39 Å². The molecule has 13 heavy (non-hydrogen) atoms. The Kier molecular flexibility index (Phi) is 2.88. The molecule has 0 bridgehead atoms. The maximum absolute atomic E-state index is 13.0. The largest absolute Gasteiger partial charge is 0.505 e. The predicted octanol–water partition coefficient (Wildman–Crippen LogP) is 2.15. The Morgan fingerprint density at radius 3 is 2.54 bits per heavy atom. The van der Waals surface area contributed by atoms with Crippen molar-refractivity contribution >= 4 is 0 Å². The molecule has 1 aromatic carbocycles. The van der Waals surface area contributed by atoms with Crippen LogP contribution in [0.3, 0.4) is 0 Å². The quantitative estimate of drug-likeness (QED) is 0.739. The molecule has 0 fully saturated rings. The van der Waals surface area contributed by atoms with Crippen LogP contribution in [0.2, 0.25) is 0 Å². The third-order valence-electron chi connectivity index (χ3n) is 2.01. The number of rotatable bonds is 2. The van der Waals surface area contributed by atoms with E-state index in [-0.39, 0.29) is 5.56 Å². The van der Waals surface area contributed by atoms with E-state index >= 15 is 0 Å². The number of hydrogen-bond donors (Lipinski definition) is 2. The van der Waals surface area contributed by atoms with Crippen molar-refractivity contribution in [1.82, 2.24) is 0 Å². The van der Waals surface area contributed by atoms with Gasteiger partial charge in [0.25, 0.3) is 0 Å². The van der Waals surface area contributed by atoms with E-state index in [1.807, 2.05) is 6.92 Å². The average molecular weight is 184 g/mol. The highest BCUT2D eigenvalue weighted by atomic mass is 19.1. The van der Waals surface area contributed by atoms with Gasteiger partial charge >= 0.3 is 0 Å². The average Bonchev–Trinajstić information content (AvgIpc) is 2.09. The molecule has 0 amide bonds. The van der Waals surface area contributed by atoms with Gasteiger partial charge in [0, 0.05) is 5.56 Å². The molecule has 0 aliphatic heterocycles. The number of hydrogen-bond acceptors (Lipinski definition) is 2. The van der Waals surface area contributed by atoms with E-state index in [9.17, 15) is 14.6 Å². The number of aliphatic hydroxyl groups excluding tert-OH is 1. The zero-order chi connectivity index (χ0) is 10.0. The lowest BCUT2D eigenvalue weighted by atomic mass is 10.0. The standard InChI is InChI=1S/C10H13FO2/c1-3-7-4-8(6(2)12)10(13)9(11)5-7/h4-6,12-13H,3H2,1-2H3. The van der Waals surface area contributed by atoms with Crippen LogP contribution in [0.5, 0.6) is 5.75 Å². The Morgan fingerprint density at radius 2 is 2.08 bits per heavy atom. The van der Waals surface area contributed by atoms with Crippen molar-refractivity contribution in [3.63, 3.8) is 0 Å². The summed E-state index contributed by atoms with van der Waals surface area (Å²) >= 11 is 0. The van der Waals surface area contributed by atoms with Gasteiger partial charge in [-0.05, 0) is 31.0 Å². The van der Waals surface area contributed by atoms with Crippen molar-refractivity contribution in [3.8, 4) is 5.75 Å². The van der Waals surface area contributed by atoms with Crippen LogP contribution in [-0.4, -0.2) is 10.2 Å².